The topological polar surface area (TPSA) is 65.1 Å². The predicted octanol–water partition coefficient (Wildman–Crippen LogP) is 5.09. The van der Waals surface area contributed by atoms with Gasteiger partial charge in [0.1, 0.15) is 17.0 Å². The van der Waals surface area contributed by atoms with Gasteiger partial charge in [-0.3, -0.25) is 0 Å². The highest BCUT2D eigenvalue weighted by Gasteiger charge is 2.36. The normalized spacial score (nSPS) is 12.7. The third-order valence-corrected chi connectivity index (χ3v) is 3.14. The largest absolute Gasteiger partial charge is 0.497 e. The van der Waals surface area contributed by atoms with Crippen LogP contribution in [0.3, 0.4) is 0 Å². The molecule has 0 aliphatic carbocycles. The fourth-order valence-corrected chi connectivity index (χ4v) is 2.12. The second-order valence-corrected chi connectivity index (χ2v) is 7.78. The monoisotopic (exact) mass is 363 g/mol. The second-order valence-electron chi connectivity index (χ2n) is 7.78. The van der Waals surface area contributed by atoms with Gasteiger partial charge in [-0.25, -0.2) is 14.5 Å². The van der Waals surface area contributed by atoms with Crippen LogP contribution in [0, 0.1) is 0 Å². The summed E-state index contributed by atoms with van der Waals surface area (Å²) in [4.78, 5) is 26.4. The highest BCUT2D eigenvalue weighted by atomic mass is 16.6. The summed E-state index contributed by atoms with van der Waals surface area (Å²) < 4.78 is 15.9. The summed E-state index contributed by atoms with van der Waals surface area (Å²) in [5, 5.41) is 0. The SMILES string of the molecule is C=C[C@@H](c1ccc(OC)cc1)N(C(=O)OC(C)(C)C)C(=O)OC(C)(C)C. The van der Waals surface area contributed by atoms with Crippen LogP contribution in [0.1, 0.15) is 53.1 Å². The lowest BCUT2D eigenvalue weighted by Gasteiger charge is -2.32. The molecular formula is C20H29NO5. The third kappa shape index (κ3) is 6.43. The summed E-state index contributed by atoms with van der Waals surface area (Å²) in [7, 11) is 1.56. The van der Waals surface area contributed by atoms with Gasteiger partial charge >= 0.3 is 12.2 Å². The predicted molar refractivity (Wildman–Crippen MR) is 100 cm³/mol. The van der Waals surface area contributed by atoms with Crippen molar-refractivity contribution in [1.82, 2.24) is 4.90 Å². The van der Waals surface area contributed by atoms with E-state index in [9.17, 15) is 9.59 Å². The Morgan fingerprint density at radius 2 is 1.38 bits per heavy atom. The van der Waals surface area contributed by atoms with Crippen LogP contribution < -0.4 is 4.74 Å². The van der Waals surface area contributed by atoms with E-state index in [0.717, 1.165) is 4.90 Å². The van der Waals surface area contributed by atoms with Crippen molar-refractivity contribution < 1.29 is 23.8 Å². The van der Waals surface area contributed by atoms with Crippen LogP contribution >= 0.6 is 0 Å². The Morgan fingerprint density at radius 3 is 1.69 bits per heavy atom. The Balaban J connectivity index is 3.27. The van der Waals surface area contributed by atoms with Crippen molar-refractivity contribution in [2.45, 2.75) is 58.8 Å². The molecule has 0 saturated carbocycles. The molecule has 0 aliphatic rings. The molecule has 0 radical (unpaired) electrons. The summed E-state index contributed by atoms with van der Waals surface area (Å²) in [6.07, 6.45) is -0.102. The lowest BCUT2D eigenvalue weighted by atomic mass is 10.1. The molecule has 2 amide bonds. The van der Waals surface area contributed by atoms with Crippen molar-refractivity contribution in [3.8, 4) is 5.75 Å². The molecule has 0 bridgehead atoms. The smallest absolute Gasteiger partial charge is 0.420 e. The van der Waals surface area contributed by atoms with E-state index in [0.29, 0.717) is 11.3 Å². The zero-order valence-electron chi connectivity index (χ0n) is 16.7. The lowest BCUT2D eigenvalue weighted by molar-refractivity contribution is -0.00385. The van der Waals surface area contributed by atoms with Crippen LogP contribution in [-0.2, 0) is 9.47 Å². The van der Waals surface area contributed by atoms with Crippen molar-refractivity contribution in [2.75, 3.05) is 7.11 Å². The fraction of sp³-hybridized carbons (Fsp3) is 0.500. The van der Waals surface area contributed by atoms with Crippen LogP contribution in [0.25, 0.3) is 0 Å². The van der Waals surface area contributed by atoms with Gasteiger partial charge in [-0.05, 0) is 59.2 Å². The number of carbonyl (C=O) groups excluding carboxylic acids is 2. The van der Waals surface area contributed by atoms with Gasteiger partial charge < -0.3 is 14.2 Å². The Hall–Kier alpha value is -2.50. The van der Waals surface area contributed by atoms with Gasteiger partial charge in [0.2, 0.25) is 0 Å². The highest BCUT2D eigenvalue weighted by molar-refractivity contribution is 5.89. The standard InChI is InChI=1S/C20H29NO5/c1-9-16(14-10-12-15(24-8)13-11-14)21(17(22)25-19(2,3)4)18(23)26-20(5,6)7/h9-13,16H,1H2,2-8H3/t16-/m0/s1. The molecule has 144 valence electrons. The van der Waals surface area contributed by atoms with Crippen LogP contribution in [-0.4, -0.2) is 35.4 Å². The fourth-order valence-electron chi connectivity index (χ4n) is 2.12. The number of nitrogens with zero attached hydrogens (tertiary/aromatic N) is 1. The maximum Gasteiger partial charge on any atom is 0.420 e. The van der Waals surface area contributed by atoms with E-state index in [4.69, 9.17) is 14.2 Å². The third-order valence-electron chi connectivity index (χ3n) is 3.14. The van der Waals surface area contributed by atoms with Crippen molar-refractivity contribution in [2.24, 2.45) is 0 Å². The van der Waals surface area contributed by atoms with E-state index in [1.807, 2.05) is 0 Å². The minimum absolute atomic E-state index is 0.664. The number of carbonyl (C=O) groups is 2. The van der Waals surface area contributed by atoms with Crippen molar-refractivity contribution in [1.29, 1.82) is 0 Å². The molecular weight excluding hydrogens is 334 g/mol. The summed E-state index contributed by atoms with van der Waals surface area (Å²) >= 11 is 0. The van der Waals surface area contributed by atoms with Crippen molar-refractivity contribution in [3.63, 3.8) is 0 Å². The summed E-state index contributed by atoms with van der Waals surface area (Å²) in [6.45, 7) is 14.2. The molecule has 0 aromatic heterocycles. The summed E-state index contributed by atoms with van der Waals surface area (Å²) in [5.41, 5.74) is -0.844. The number of benzene rings is 1. The Morgan fingerprint density at radius 1 is 0.962 bits per heavy atom. The van der Waals surface area contributed by atoms with Gasteiger partial charge in [0.15, 0.2) is 0 Å². The van der Waals surface area contributed by atoms with Gasteiger partial charge in [0.25, 0.3) is 0 Å². The molecule has 1 rings (SSSR count). The van der Waals surface area contributed by atoms with Gasteiger partial charge in [-0.2, -0.15) is 0 Å². The zero-order chi connectivity index (χ0) is 20.1. The molecule has 1 atom stereocenters. The zero-order valence-corrected chi connectivity index (χ0v) is 16.7. The molecule has 0 N–H and O–H groups in total. The summed E-state index contributed by atoms with van der Waals surface area (Å²) in [6, 6.07) is 6.26. The van der Waals surface area contributed by atoms with E-state index in [1.54, 1.807) is 72.9 Å². The van der Waals surface area contributed by atoms with Gasteiger partial charge in [-0.15, -0.1) is 6.58 Å². The van der Waals surface area contributed by atoms with Crippen LogP contribution in [0.5, 0.6) is 5.75 Å². The van der Waals surface area contributed by atoms with E-state index in [-0.39, 0.29) is 0 Å². The number of rotatable bonds is 4. The molecule has 0 unspecified atom stereocenters. The molecule has 26 heavy (non-hydrogen) atoms. The maximum atomic E-state index is 12.7. The van der Waals surface area contributed by atoms with E-state index in [1.165, 1.54) is 6.08 Å². The number of hydrogen-bond acceptors (Lipinski definition) is 5. The molecule has 0 fully saturated rings. The molecule has 0 spiro atoms. The molecule has 0 heterocycles. The van der Waals surface area contributed by atoms with Gasteiger partial charge in [-0.1, -0.05) is 18.2 Å². The number of ether oxygens (including phenoxy) is 3. The average molecular weight is 363 g/mol. The van der Waals surface area contributed by atoms with Crippen molar-refractivity contribution >= 4 is 12.2 Å². The highest BCUT2D eigenvalue weighted by Crippen LogP contribution is 2.28. The lowest BCUT2D eigenvalue weighted by Crippen LogP contribution is -2.45. The molecule has 0 aliphatic heterocycles. The number of amides is 2. The summed E-state index contributed by atoms with van der Waals surface area (Å²) in [5.74, 6) is 0.664. The van der Waals surface area contributed by atoms with E-state index < -0.39 is 29.4 Å². The molecule has 6 nitrogen and oxygen atoms in total. The second kappa shape index (κ2) is 8.25. The van der Waals surface area contributed by atoms with Crippen molar-refractivity contribution in [3.05, 3.63) is 42.5 Å². The minimum atomic E-state index is -0.799. The number of methoxy groups -OCH3 is 1. The first-order chi connectivity index (χ1) is 11.9. The quantitative estimate of drug-likeness (QED) is 0.697. The Kier molecular flexibility index (Phi) is 6.84. The van der Waals surface area contributed by atoms with Crippen LogP contribution in [0.4, 0.5) is 9.59 Å². The van der Waals surface area contributed by atoms with E-state index in [2.05, 4.69) is 6.58 Å². The molecule has 0 saturated heterocycles. The van der Waals surface area contributed by atoms with Crippen LogP contribution in [0.2, 0.25) is 0 Å². The van der Waals surface area contributed by atoms with Crippen LogP contribution in [0.15, 0.2) is 36.9 Å². The molecule has 6 heteroatoms. The Labute approximate surface area is 155 Å². The average Bonchev–Trinajstić information content (AvgIpc) is 2.48. The number of hydrogen-bond donors (Lipinski definition) is 0. The first-order valence-electron chi connectivity index (χ1n) is 8.39. The maximum absolute atomic E-state index is 12.7. The number of imide groups is 1. The molecule has 1 aromatic carbocycles. The van der Waals surface area contributed by atoms with Gasteiger partial charge in [0.05, 0.1) is 13.2 Å². The Bertz CT molecular complexity index is 610. The molecule has 1 aromatic rings. The van der Waals surface area contributed by atoms with Gasteiger partial charge in [0, 0.05) is 0 Å². The minimum Gasteiger partial charge on any atom is -0.497 e. The first kappa shape index (κ1) is 21.5. The van der Waals surface area contributed by atoms with E-state index >= 15 is 0 Å². The first-order valence-corrected chi connectivity index (χ1v) is 8.39.